The first-order valence-electron chi connectivity index (χ1n) is 7.51. The lowest BCUT2D eigenvalue weighted by Gasteiger charge is -2.14. The van der Waals surface area contributed by atoms with Crippen LogP contribution in [0.3, 0.4) is 0 Å². The lowest BCUT2D eigenvalue weighted by Crippen LogP contribution is -2.29. The fourth-order valence-electron chi connectivity index (χ4n) is 2.43. The standard InChI is InChI=1S/C17H20N4O/c1-12-2-4-14(5-3-12)15-10-16(21-20-15)17(22)19-11-13-6-8-18-9-7-13/h2-6,10,18H,7-9,11H2,1H3,(H,19,22)(H,20,21). The molecule has 0 aliphatic carbocycles. The zero-order chi connectivity index (χ0) is 15.4. The number of aromatic nitrogens is 2. The molecule has 0 atom stereocenters. The molecule has 2 heterocycles. The van der Waals surface area contributed by atoms with Gasteiger partial charge in [-0.25, -0.2) is 0 Å². The van der Waals surface area contributed by atoms with E-state index in [1.807, 2.05) is 31.2 Å². The Morgan fingerprint density at radius 2 is 2.14 bits per heavy atom. The molecule has 114 valence electrons. The number of aryl methyl sites for hydroxylation is 1. The van der Waals surface area contributed by atoms with E-state index in [4.69, 9.17) is 0 Å². The zero-order valence-corrected chi connectivity index (χ0v) is 12.6. The maximum atomic E-state index is 12.2. The van der Waals surface area contributed by atoms with E-state index in [-0.39, 0.29) is 5.91 Å². The molecule has 1 aliphatic heterocycles. The largest absolute Gasteiger partial charge is 0.347 e. The van der Waals surface area contributed by atoms with Gasteiger partial charge in [0.2, 0.25) is 0 Å². The summed E-state index contributed by atoms with van der Waals surface area (Å²) in [6, 6.07) is 9.87. The number of H-pyrrole nitrogens is 1. The van der Waals surface area contributed by atoms with Gasteiger partial charge in [-0.05, 0) is 26.0 Å². The lowest BCUT2D eigenvalue weighted by molar-refractivity contribution is 0.0951. The molecule has 3 rings (SSSR count). The van der Waals surface area contributed by atoms with Crippen molar-refractivity contribution in [2.75, 3.05) is 19.6 Å². The van der Waals surface area contributed by atoms with Gasteiger partial charge in [-0.3, -0.25) is 9.89 Å². The Morgan fingerprint density at radius 3 is 2.86 bits per heavy atom. The maximum absolute atomic E-state index is 12.2. The van der Waals surface area contributed by atoms with Gasteiger partial charge in [0, 0.05) is 18.7 Å². The molecule has 1 aliphatic rings. The Kier molecular flexibility index (Phi) is 4.34. The molecule has 0 saturated heterocycles. The molecular formula is C17H20N4O. The summed E-state index contributed by atoms with van der Waals surface area (Å²) in [7, 11) is 0. The highest BCUT2D eigenvalue weighted by atomic mass is 16.1. The second-order valence-electron chi connectivity index (χ2n) is 5.53. The second-order valence-corrected chi connectivity index (χ2v) is 5.53. The van der Waals surface area contributed by atoms with Gasteiger partial charge >= 0.3 is 0 Å². The molecule has 0 spiro atoms. The average Bonchev–Trinajstić information content (AvgIpc) is 3.04. The summed E-state index contributed by atoms with van der Waals surface area (Å²) in [6.07, 6.45) is 3.12. The molecule has 0 fully saturated rings. The lowest BCUT2D eigenvalue weighted by atomic mass is 10.1. The van der Waals surface area contributed by atoms with E-state index < -0.39 is 0 Å². The molecule has 1 aromatic heterocycles. The van der Waals surface area contributed by atoms with Gasteiger partial charge in [0.05, 0.1) is 5.69 Å². The molecule has 0 saturated carbocycles. The SMILES string of the molecule is Cc1ccc(-c2cc(C(=O)NCC3=CCNCC3)[nH]n2)cc1. The highest BCUT2D eigenvalue weighted by molar-refractivity contribution is 5.93. The Balaban J connectivity index is 1.64. The summed E-state index contributed by atoms with van der Waals surface area (Å²) in [4.78, 5) is 12.2. The highest BCUT2D eigenvalue weighted by Crippen LogP contribution is 2.18. The van der Waals surface area contributed by atoms with Crippen LogP contribution < -0.4 is 10.6 Å². The molecule has 5 nitrogen and oxygen atoms in total. The first-order chi connectivity index (χ1) is 10.7. The molecule has 0 bridgehead atoms. The number of benzene rings is 1. The van der Waals surface area contributed by atoms with Crippen molar-refractivity contribution in [1.29, 1.82) is 0 Å². The topological polar surface area (TPSA) is 69.8 Å². The third-order valence-corrected chi connectivity index (χ3v) is 3.80. The van der Waals surface area contributed by atoms with Gasteiger partial charge in [0.25, 0.3) is 5.91 Å². The fraction of sp³-hybridized carbons (Fsp3) is 0.294. The van der Waals surface area contributed by atoms with Gasteiger partial charge in [0.15, 0.2) is 0 Å². The average molecular weight is 296 g/mol. The van der Waals surface area contributed by atoms with E-state index >= 15 is 0 Å². The molecular weight excluding hydrogens is 276 g/mol. The van der Waals surface area contributed by atoms with E-state index in [0.29, 0.717) is 12.2 Å². The van der Waals surface area contributed by atoms with Crippen molar-refractivity contribution in [1.82, 2.24) is 20.8 Å². The fourth-order valence-corrected chi connectivity index (χ4v) is 2.43. The van der Waals surface area contributed by atoms with Crippen LogP contribution in [0.1, 0.15) is 22.5 Å². The molecule has 0 radical (unpaired) electrons. The normalized spacial score (nSPS) is 14.5. The van der Waals surface area contributed by atoms with Crippen LogP contribution in [0.15, 0.2) is 42.0 Å². The van der Waals surface area contributed by atoms with Crippen molar-refractivity contribution in [3.05, 3.63) is 53.2 Å². The Bertz CT molecular complexity index is 685. The molecule has 5 heteroatoms. The number of carbonyl (C=O) groups is 1. The number of hydrogen-bond donors (Lipinski definition) is 3. The van der Waals surface area contributed by atoms with Crippen molar-refractivity contribution in [3.63, 3.8) is 0 Å². The Labute approximate surface area is 129 Å². The van der Waals surface area contributed by atoms with Crippen LogP contribution in [0.5, 0.6) is 0 Å². The zero-order valence-electron chi connectivity index (χ0n) is 12.6. The number of carbonyl (C=O) groups excluding carboxylic acids is 1. The van der Waals surface area contributed by atoms with Crippen LogP contribution >= 0.6 is 0 Å². The Hall–Kier alpha value is -2.40. The van der Waals surface area contributed by atoms with Gasteiger partial charge in [-0.2, -0.15) is 5.10 Å². The molecule has 22 heavy (non-hydrogen) atoms. The number of hydrogen-bond acceptors (Lipinski definition) is 3. The van der Waals surface area contributed by atoms with E-state index in [0.717, 1.165) is 30.8 Å². The second kappa shape index (κ2) is 6.58. The molecule has 3 N–H and O–H groups in total. The van der Waals surface area contributed by atoms with Crippen LogP contribution in [0, 0.1) is 6.92 Å². The number of nitrogens with one attached hydrogen (secondary N) is 3. The van der Waals surface area contributed by atoms with E-state index in [9.17, 15) is 4.79 Å². The van der Waals surface area contributed by atoms with Gasteiger partial charge in [0.1, 0.15) is 5.69 Å². The third-order valence-electron chi connectivity index (χ3n) is 3.80. The molecule has 1 aromatic carbocycles. The highest BCUT2D eigenvalue weighted by Gasteiger charge is 2.12. The predicted octanol–water partition coefficient (Wildman–Crippen LogP) is 2.03. The summed E-state index contributed by atoms with van der Waals surface area (Å²) >= 11 is 0. The maximum Gasteiger partial charge on any atom is 0.269 e. The van der Waals surface area contributed by atoms with Crippen LogP contribution in [0.2, 0.25) is 0 Å². The molecule has 1 amide bonds. The van der Waals surface area contributed by atoms with Crippen LogP contribution in [-0.4, -0.2) is 35.7 Å². The summed E-state index contributed by atoms with van der Waals surface area (Å²) in [6.45, 7) is 4.50. The van der Waals surface area contributed by atoms with Gasteiger partial charge in [-0.15, -0.1) is 0 Å². The minimum atomic E-state index is -0.120. The minimum Gasteiger partial charge on any atom is -0.347 e. The van der Waals surface area contributed by atoms with Crippen LogP contribution in [0.25, 0.3) is 11.3 Å². The summed E-state index contributed by atoms with van der Waals surface area (Å²) in [5, 5.41) is 13.2. The number of amides is 1. The molecule has 2 aromatic rings. The number of aromatic amines is 1. The predicted molar refractivity (Wildman–Crippen MR) is 86.7 cm³/mol. The third kappa shape index (κ3) is 3.43. The van der Waals surface area contributed by atoms with Crippen molar-refractivity contribution in [2.24, 2.45) is 0 Å². The van der Waals surface area contributed by atoms with E-state index in [1.54, 1.807) is 6.07 Å². The molecule has 0 unspecified atom stereocenters. The summed E-state index contributed by atoms with van der Waals surface area (Å²) in [5.41, 5.74) is 4.75. The summed E-state index contributed by atoms with van der Waals surface area (Å²) in [5.74, 6) is -0.120. The van der Waals surface area contributed by atoms with Gasteiger partial charge < -0.3 is 10.6 Å². The van der Waals surface area contributed by atoms with Crippen molar-refractivity contribution >= 4 is 5.91 Å². The van der Waals surface area contributed by atoms with Crippen molar-refractivity contribution in [3.8, 4) is 11.3 Å². The number of rotatable bonds is 4. The quantitative estimate of drug-likeness (QED) is 0.756. The van der Waals surface area contributed by atoms with Crippen molar-refractivity contribution in [2.45, 2.75) is 13.3 Å². The first kappa shape index (κ1) is 14.5. The van der Waals surface area contributed by atoms with Crippen LogP contribution in [0.4, 0.5) is 0 Å². The van der Waals surface area contributed by atoms with Crippen LogP contribution in [-0.2, 0) is 0 Å². The van der Waals surface area contributed by atoms with Gasteiger partial charge in [-0.1, -0.05) is 41.5 Å². The summed E-state index contributed by atoms with van der Waals surface area (Å²) < 4.78 is 0. The first-order valence-corrected chi connectivity index (χ1v) is 7.51. The monoisotopic (exact) mass is 296 g/mol. The Morgan fingerprint density at radius 1 is 1.32 bits per heavy atom. The smallest absolute Gasteiger partial charge is 0.269 e. The van der Waals surface area contributed by atoms with Crippen molar-refractivity contribution < 1.29 is 4.79 Å². The van der Waals surface area contributed by atoms with E-state index in [2.05, 4.69) is 26.9 Å². The van der Waals surface area contributed by atoms with E-state index in [1.165, 1.54) is 11.1 Å². The minimum absolute atomic E-state index is 0.120. The number of nitrogens with zero attached hydrogens (tertiary/aromatic N) is 1.